The summed E-state index contributed by atoms with van der Waals surface area (Å²) < 4.78 is 179. The van der Waals surface area contributed by atoms with Crippen molar-refractivity contribution < 1.29 is 65.9 Å². The monoisotopic (exact) mass is 514 g/mol. The van der Waals surface area contributed by atoms with Crippen molar-refractivity contribution in [2.45, 2.75) is 47.5 Å². The quantitative estimate of drug-likeness (QED) is 0.496. The SMILES string of the molecule is NS(=O)(=O)c1ccc(CNC(=O)C(F)(F)C(F)(F)C(F)(F)C(F)(F)C(F)(F)C(F)F)cc1. The molecule has 3 N–H and O–H groups in total. The van der Waals surface area contributed by atoms with Crippen LogP contribution in [0.25, 0.3) is 0 Å². The summed E-state index contributed by atoms with van der Waals surface area (Å²) in [6.07, 6.45) is -5.65. The molecule has 0 aliphatic carbocycles. The van der Waals surface area contributed by atoms with E-state index >= 15 is 0 Å². The summed E-state index contributed by atoms with van der Waals surface area (Å²) in [5.41, 5.74) is -0.314. The highest BCUT2D eigenvalue weighted by Gasteiger charge is 2.89. The van der Waals surface area contributed by atoms with Crippen molar-refractivity contribution in [3.05, 3.63) is 29.8 Å². The minimum absolute atomic E-state index is 0.314. The summed E-state index contributed by atoms with van der Waals surface area (Å²) in [4.78, 5) is 10.8. The molecule has 0 bridgehead atoms. The Balaban J connectivity index is 3.17. The number of hydrogen-bond donors (Lipinski definition) is 2. The molecule has 0 unspecified atom stereocenters. The largest absolute Gasteiger partial charge is 0.392 e. The van der Waals surface area contributed by atoms with Gasteiger partial charge in [0.25, 0.3) is 5.91 Å². The van der Waals surface area contributed by atoms with Crippen molar-refractivity contribution in [2.24, 2.45) is 5.14 Å². The molecule has 5 nitrogen and oxygen atoms in total. The van der Waals surface area contributed by atoms with Crippen LogP contribution in [0.3, 0.4) is 0 Å². The second-order valence-electron chi connectivity index (χ2n) is 6.09. The third-order valence-corrected chi connectivity index (χ3v) is 4.80. The Morgan fingerprint density at radius 3 is 1.66 bits per heavy atom. The fourth-order valence-corrected chi connectivity index (χ4v) is 2.49. The van der Waals surface area contributed by atoms with E-state index in [9.17, 15) is 65.9 Å². The minimum Gasteiger partial charge on any atom is -0.347 e. The van der Waals surface area contributed by atoms with E-state index in [1.807, 2.05) is 0 Å². The zero-order chi connectivity index (χ0) is 25.6. The molecule has 1 amide bonds. The van der Waals surface area contributed by atoms with Crippen molar-refractivity contribution in [3.8, 4) is 0 Å². The number of carbonyl (C=O) groups is 1. The molecule has 0 heterocycles. The molecule has 0 radical (unpaired) electrons. The number of hydrogen-bond acceptors (Lipinski definition) is 3. The summed E-state index contributed by atoms with van der Waals surface area (Å²) in [6, 6.07) is 3.10. The van der Waals surface area contributed by atoms with Gasteiger partial charge in [-0.2, -0.15) is 43.9 Å². The molecule has 0 spiro atoms. The molecule has 32 heavy (non-hydrogen) atoms. The van der Waals surface area contributed by atoms with Crippen LogP contribution in [0.4, 0.5) is 52.7 Å². The lowest BCUT2D eigenvalue weighted by Gasteiger charge is -2.38. The number of benzene rings is 1. The molecular weight excluding hydrogens is 504 g/mol. The van der Waals surface area contributed by atoms with Gasteiger partial charge in [0.05, 0.1) is 4.90 Å². The molecule has 0 aliphatic heterocycles. The number of rotatable bonds is 9. The van der Waals surface area contributed by atoms with Crippen LogP contribution in [0.1, 0.15) is 5.56 Å². The molecule has 0 aliphatic rings. The maximum Gasteiger partial charge on any atom is 0.392 e. The number of sulfonamides is 1. The van der Waals surface area contributed by atoms with Crippen molar-refractivity contribution in [1.29, 1.82) is 0 Å². The van der Waals surface area contributed by atoms with Crippen molar-refractivity contribution >= 4 is 15.9 Å². The third-order valence-electron chi connectivity index (χ3n) is 3.87. The summed E-state index contributed by atoms with van der Waals surface area (Å²) in [6.45, 7) is -1.19. The van der Waals surface area contributed by atoms with E-state index in [-0.39, 0.29) is 5.56 Å². The lowest BCUT2D eigenvalue weighted by molar-refractivity contribution is -0.407. The molecule has 1 rings (SSSR count). The zero-order valence-corrected chi connectivity index (χ0v) is 15.7. The summed E-state index contributed by atoms with van der Waals surface area (Å²) in [5, 5.41) is 5.67. The van der Waals surface area contributed by atoms with Gasteiger partial charge in [-0.1, -0.05) is 12.1 Å². The van der Waals surface area contributed by atoms with Gasteiger partial charge in [-0.15, -0.1) is 0 Å². The molecular formula is C14H10F12N2O3S. The van der Waals surface area contributed by atoms with E-state index in [1.54, 1.807) is 0 Å². The van der Waals surface area contributed by atoms with Gasteiger partial charge >= 0.3 is 36.0 Å². The van der Waals surface area contributed by atoms with Crippen LogP contribution in [0.15, 0.2) is 29.2 Å². The van der Waals surface area contributed by atoms with E-state index in [2.05, 4.69) is 0 Å². The first kappa shape index (κ1) is 27.8. The van der Waals surface area contributed by atoms with Crippen LogP contribution in [0.5, 0.6) is 0 Å². The van der Waals surface area contributed by atoms with Crippen molar-refractivity contribution in [3.63, 3.8) is 0 Å². The standard InChI is InChI=1S/C14H10F12N2O3S/c15-8(16)10(17,18)12(21,22)14(25,26)13(23,24)11(19,20)9(29)28-5-6-1-3-7(4-2-6)32(27,30)31/h1-4,8H,5H2,(H,28,29)(H2,27,30,31). The van der Waals surface area contributed by atoms with Gasteiger partial charge in [-0.05, 0) is 17.7 Å². The van der Waals surface area contributed by atoms with Gasteiger partial charge in [0.2, 0.25) is 10.0 Å². The van der Waals surface area contributed by atoms with Crippen LogP contribution >= 0.6 is 0 Å². The molecule has 0 saturated heterocycles. The van der Waals surface area contributed by atoms with Gasteiger partial charge in [-0.3, -0.25) is 4.79 Å². The Hall–Kier alpha value is -2.24. The number of nitrogens with one attached hydrogen (secondary N) is 1. The summed E-state index contributed by atoms with van der Waals surface area (Å²) in [7, 11) is -4.22. The molecule has 1 aromatic carbocycles. The number of primary sulfonamides is 1. The fraction of sp³-hybridized carbons (Fsp3) is 0.500. The summed E-state index contributed by atoms with van der Waals surface area (Å²) >= 11 is 0. The van der Waals surface area contributed by atoms with Gasteiger partial charge in [0, 0.05) is 6.54 Å². The molecule has 0 atom stereocenters. The van der Waals surface area contributed by atoms with E-state index in [1.165, 1.54) is 0 Å². The highest BCUT2D eigenvalue weighted by Crippen LogP contribution is 2.58. The molecule has 184 valence electrons. The number of amides is 1. The highest BCUT2D eigenvalue weighted by atomic mass is 32.2. The maximum atomic E-state index is 13.6. The summed E-state index contributed by atoms with van der Waals surface area (Å²) in [5.74, 6) is -40.4. The van der Waals surface area contributed by atoms with Crippen LogP contribution in [-0.4, -0.2) is 50.4 Å². The van der Waals surface area contributed by atoms with Gasteiger partial charge < -0.3 is 5.32 Å². The van der Waals surface area contributed by atoms with Gasteiger partial charge in [-0.25, -0.2) is 22.3 Å². The Morgan fingerprint density at radius 1 is 0.844 bits per heavy atom. The molecule has 0 aromatic heterocycles. The lowest BCUT2D eigenvalue weighted by atomic mass is 9.94. The smallest absolute Gasteiger partial charge is 0.347 e. The lowest BCUT2D eigenvalue weighted by Crippen LogP contribution is -2.70. The maximum absolute atomic E-state index is 13.6. The number of carbonyl (C=O) groups excluding carboxylic acids is 1. The highest BCUT2D eigenvalue weighted by molar-refractivity contribution is 7.89. The Bertz CT molecular complexity index is 948. The van der Waals surface area contributed by atoms with Crippen molar-refractivity contribution in [2.75, 3.05) is 0 Å². The van der Waals surface area contributed by atoms with Crippen LogP contribution in [0, 0.1) is 0 Å². The predicted molar refractivity (Wildman–Crippen MR) is 80.4 cm³/mol. The average Bonchev–Trinajstić information content (AvgIpc) is 2.64. The molecule has 18 heteroatoms. The molecule has 0 saturated carbocycles. The minimum atomic E-state index is -7.82. The second-order valence-corrected chi connectivity index (χ2v) is 7.65. The van der Waals surface area contributed by atoms with Gasteiger partial charge in [0.1, 0.15) is 0 Å². The Morgan fingerprint density at radius 2 is 1.28 bits per heavy atom. The average molecular weight is 514 g/mol. The first-order valence-corrected chi connectivity index (χ1v) is 9.17. The third kappa shape index (κ3) is 4.46. The molecule has 1 aromatic rings. The predicted octanol–water partition coefficient (Wildman–Crippen LogP) is 3.39. The Labute approximate surface area is 170 Å². The zero-order valence-electron chi connectivity index (χ0n) is 14.8. The fourth-order valence-electron chi connectivity index (χ4n) is 1.97. The second kappa shape index (κ2) is 8.27. The molecule has 0 fully saturated rings. The first-order chi connectivity index (χ1) is 14.0. The van der Waals surface area contributed by atoms with Crippen molar-refractivity contribution in [1.82, 2.24) is 5.32 Å². The van der Waals surface area contributed by atoms with E-state index in [4.69, 9.17) is 5.14 Å². The number of halogens is 12. The van der Waals surface area contributed by atoms with E-state index < -0.39 is 63.4 Å². The van der Waals surface area contributed by atoms with E-state index in [0.717, 1.165) is 29.6 Å². The van der Waals surface area contributed by atoms with Crippen LogP contribution in [-0.2, 0) is 21.4 Å². The van der Waals surface area contributed by atoms with E-state index in [0.29, 0.717) is 0 Å². The van der Waals surface area contributed by atoms with Gasteiger partial charge in [0.15, 0.2) is 0 Å². The van der Waals surface area contributed by atoms with Crippen LogP contribution < -0.4 is 10.5 Å². The Kier molecular flexibility index (Phi) is 7.19. The topological polar surface area (TPSA) is 89.3 Å². The first-order valence-electron chi connectivity index (χ1n) is 7.62. The number of nitrogens with two attached hydrogens (primary N) is 1. The number of alkyl halides is 12. The normalized spacial score (nSPS) is 14.6. The van der Waals surface area contributed by atoms with Crippen LogP contribution in [0.2, 0.25) is 0 Å².